The average molecular weight is 290 g/mol. The molecule has 2 rings (SSSR count). The molecule has 0 fully saturated rings. The Morgan fingerprint density at radius 1 is 0.667 bits per heavy atom. The molecule has 0 saturated carbocycles. The van der Waals surface area contributed by atoms with Crippen LogP contribution in [0.5, 0.6) is 0 Å². The van der Waals surface area contributed by atoms with Gasteiger partial charge >= 0.3 is 19.5 Å². The van der Waals surface area contributed by atoms with E-state index in [4.69, 9.17) is 0 Å². The maximum Gasteiger partial charge on any atom is 2.00 e. The summed E-state index contributed by atoms with van der Waals surface area (Å²) in [4.78, 5) is 23.6. The number of ketones is 2. The number of rotatable bonds is 4. The molecule has 0 unspecified atom stereocenters. The first-order chi connectivity index (χ1) is 8.27. The second-order valence-corrected chi connectivity index (χ2v) is 3.76. The largest absolute Gasteiger partial charge is 2.00 e. The van der Waals surface area contributed by atoms with Gasteiger partial charge in [-0.2, -0.15) is 0 Å². The SMILES string of the molecule is O=C(CC(=O)c1ccccc1)c1ccccc1.[Zn+2]. The van der Waals surface area contributed by atoms with Crippen molar-refractivity contribution in [1.29, 1.82) is 0 Å². The topological polar surface area (TPSA) is 34.1 Å². The van der Waals surface area contributed by atoms with Gasteiger partial charge in [-0.3, -0.25) is 9.59 Å². The van der Waals surface area contributed by atoms with E-state index in [1.54, 1.807) is 48.5 Å². The molecule has 0 saturated heterocycles. The van der Waals surface area contributed by atoms with Gasteiger partial charge in [0.05, 0.1) is 6.42 Å². The van der Waals surface area contributed by atoms with Crippen LogP contribution in [0.3, 0.4) is 0 Å². The van der Waals surface area contributed by atoms with Crippen molar-refractivity contribution in [3.63, 3.8) is 0 Å². The zero-order chi connectivity index (χ0) is 12.1. The summed E-state index contributed by atoms with van der Waals surface area (Å²) in [6, 6.07) is 17.7. The number of hydrogen-bond donors (Lipinski definition) is 0. The van der Waals surface area contributed by atoms with Gasteiger partial charge in [-0.25, -0.2) is 0 Å². The van der Waals surface area contributed by atoms with Crippen molar-refractivity contribution in [3.05, 3.63) is 71.8 Å². The zero-order valence-corrected chi connectivity index (χ0v) is 13.0. The monoisotopic (exact) mass is 288 g/mol. The summed E-state index contributed by atoms with van der Waals surface area (Å²) >= 11 is 0. The van der Waals surface area contributed by atoms with Crippen LogP contribution in [0.2, 0.25) is 0 Å². The van der Waals surface area contributed by atoms with Crippen molar-refractivity contribution in [2.75, 3.05) is 0 Å². The molecule has 0 aromatic heterocycles. The van der Waals surface area contributed by atoms with Gasteiger partial charge < -0.3 is 0 Å². The van der Waals surface area contributed by atoms with Crippen molar-refractivity contribution in [3.8, 4) is 0 Å². The fraction of sp³-hybridized carbons (Fsp3) is 0.0667. The Morgan fingerprint density at radius 3 is 1.33 bits per heavy atom. The Morgan fingerprint density at radius 2 is 1.00 bits per heavy atom. The molecule has 2 aromatic rings. The van der Waals surface area contributed by atoms with Crippen LogP contribution in [0.1, 0.15) is 27.1 Å². The number of hydrogen-bond acceptors (Lipinski definition) is 2. The van der Waals surface area contributed by atoms with Crippen LogP contribution in [0, 0.1) is 0 Å². The van der Waals surface area contributed by atoms with E-state index in [1.807, 2.05) is 12.1 Å². The molecule has 0 N–H and O–H groups in total. The second-order valence-electron chi connectivity index (χ2n) is 3.76. The molecule has 0 amide bonds. The third-order valence-electron chi connectivity index (χ3n) is 2.51. The number of carbonyl (C=O) groups excluding carboxylic acids is 2. The van der Waals surface area contributed by atoms with Gasteiger partial charge in [0.25, 0.3) is 0 Å². The maximum absolute atomic E-state index is 11.8. The van der Waals surface area contributed by atoms with Crippen LogP contribution in [0.15, 0.2) is 60.7 Å². The van der Waals surface area contributed by atoms with Crippen LogP contribution in [-0.4, -0.2) is 11.6 Å². The third-order valence-corrected chi connectivity index (χ3v) is 2.51. The van der Waals surface area contributed by atoms with Crippen molar-refractivity contribution >= 4 is 11.6 Å². The van der Waals surface area contributed by atoms with E-state index < -0.39 is 0 Å². The fourth-order valence-electron chi connectivity index (χ4n) is 1.60. The summed E-state index contributed by atoms with van der Waals surface area (Å²) in [6.07, 6.45) is -0.0754. The molecule has 0 spiro atoms. The van der Waals surface area contributed by atoms with Gasteiger partial charge in [-0.05, 0) is 0 Å². The summed E-state index contributed by atoms with van der Waals surface area (Å²) in [6.45, 7) is 0. The van der Waals surface area contributed by atoms with Crippen molar-refractivity contribution in [2.24, 2.45) is 0 Å². The summed E-state index contributed by atoms with van der Waals surface area (Å²) in [5.41, 5.74) is 1.16. The predicted octanol–water partition coefficient (Wildman–Crippen LogP) is 3.14. The van der Waals surface area contributed by atoms with E-state index in [9.17, 15) is 9.59 Å². The standard InChI is InChI=1S/C15H12O2.Zn/c16-14(12-7-3-1-4-8-12)11-15(17)13-9-5-2-6-10-13;/h1-10H,11H2;/q;+2. The predicted molar refractivity (Wildman–Crippen MR) is 66.2 cm³/mol. The van der Waals surface area contributed by atoms with E-state index in [0.717, 1.165) is 0 Å². The molecule has 18 heavy (non-hydrogen) atoms. The van der Waals surface area contributed by atoms with Gasteiger partial charge in [-0.1, -0.05) is 60.7 Å². The molecule has 3 heteroatoms. The van der Waals surface area contributed by atoms with E-state index in [-0.39, 0.29) is 37.5 Å². The van der Waals surface area contributed by atoms with E-state index in [2.05, 4.69) is 0 Å². The molecule has 0 aliphatic heterocycles. The van der Waals surface area contributed by atoms with Gasteiger partial charge in [0.1, 0.15) is 0 Å². The van der Waals surface area contributed by atoms with E-state index >= 15 is 0 Å². The average Bonchev–Trinajstić information content (AvgIpc) is 2.40. The van der Waals surface area contributed by atoms with Crippen LogP contribution >= 0.6 is 0 Å². The Bertz CT molecular complexity index is 471. The molecule has 0 aliphatic rings. The Balaban J connectivity index is 0.00000162. The van der Waals surface area contributed by atoms with Gasteiger partial charge in [0.15, 0.2) is 11.6 Å². The Labute approximate surface area is 119 Å². The minimum Gasteiger partial charge on any atom is -0.294 e. The van der Waals surface area contributed by atoms with Crippen LogP contribution in [0.4, 0.5) is 0 Å². The van der Waals surface area contributed by atoms with E-state index in [1.165, 1.54) is 0 Å². The van der Waals surface area contributed by atoms with Crippen molar-refractivity contribution in [1.82, 2.24) is 0 Å². The van der Waals surface area contributed by atoms with Crippen LogP contribution in [-0.2, 0) is 19.5 Å². The molecule has 84 valence electrons. The van der Waals surface area contributed by atoms with Crippen LogP contribution < -0.4 is 0 Å². The zero-order valence-electron chi connectivity index (χ0n) is 10.0. The third kappa shape index (κ3) is 3.71. The number of Topliss-reactive ketones (excluding diaryl/α,β-unsaturated/α-hetero) is 2. The molecule has 0 aliphatic carbocycles. The van der Waals surface area contributed by atoms with Crippen molar-refractivity contribution < 1.29 is 29.1 Å². The first-order valence-electron chi connectivity index (χ1n) is 5.44. The normalized spacial score (nSPS) is 9.33. The Hall–Kier alpha value is -1.60. The van der Waals surface area contributed by atoms with Crippen LogP contribution in [0.25, 0.3) is 0 Å². The summed E-state index contributed by atoms with van der Waals surface area (Å²) < 4.78 is 0. The van der Waals surface area contributed by atoms with Gasteiger partial charge in [-0.15, -0.1) is 0 Å². The minimum absolute atomic E-state index is 0. The molecular formula is C15H12O2Zn+2. The number of benzene rings is 2. The van der Waals surface area contributed by atoms with Gasteiger partial charge in [0, 0.05) is 11.1 Å². The smallest absolute Gasteiger partial charge is 0.294 e. The fourth-order valence-corrected chi connectivity index (χ4v) is 1.60. The van der Waals surface area contributed by atoms with Crippen molar-refractivity contribution in [2.45, 2.75) is 6.42 Å². The molecule has 0 bridgehead atoms. The molecule has 0 radical (unpaired) electrons. The quantitative estimate of drug-likeness (QED) is 0.492. The molecular weight excluding hydrogens is 278 g/mol. The molecule has 2 nitrogen and oxygen atoms in total. The summed E-state index contributed by atoms with van der Waals surface area (Å²) in [5.74, 6) is -0.279. The second kappa shape index (κ2) is 6.98. The molecule has 0 atom stereocenters. The Kier molecular flexibility index (Phi) is 5.61. The molecule has 2 aromatic carbocycles. The summed E-state index contributed by atoms with van der Waals surface area (Å²) in [7, 11) is 0. The maximum atomic E-state index is 11.8. The number of carbonyl (C=O) groups is 2. The molecule has 0 heterocycles. The first-order valence-corrected chi connectivity index (χ1v) is 5.44. The van der Waals surface area contributed by atoms with Gasteiger partial charge in [0.2, 0.25) is 0 Å². The minimum atomic E-state index is -0.139. The summed E-state index contributed by atoms with van der Waals surface area (Å²) in [5, 5.41) is 0. The van der Waals surface area contributed by atoms with E-state index in [0.29, 0.717) is 11.1 Å². The first kappa shape index (κ1) is 14.5.